The lowest BCUT2D eigenvalue weighted by Crippen LogP contribution is -2.47. The van der Waals surface area contributed by atoms with Crippen LogP contribution in [0.2, 0.25) is 0 Å². The van der Waals surface area contributed by atoms with E-state index in [1.165, 1.54) is 0 Å². The number of rotatable bonds is 3. The molecule has 2 unspecified atom stereocenters. The summed E-state index contributed by atoms with van der Waals surface area (Å²) < 4.78 is 0. The SMILES string of the molecule is [CH2]c1ccc(C(=O)N2CCC(C(=O)NCC)CC2C)cc1. The Morgan fingerprint density at radius 2 is 2.00 bits per heavy atom. The molecule has 0 aromatic heterocycles. The quantitative estimate of drug-likeness (QED) is 0.927. The molecule has 1 fully saturated rings. The maximum atomic E-state index is 12.5. The average molecular weight is 287 g/mol. The number of hydrogen-bond acceptors (Lipinski definition) is 2. The fraction of sp³-hybridized carbons (Fsp3) is 0.471. The molecule has 0 saturated carbocycles. The molecule has 1 aromatic carbocycles. The molecule has 1 radical (unpaired) electrons. The third-order valence-corrected chi connectivity index (χ3v) is 4.06. The third kappa shape index (κ3) is 3.63. The monoisotopic (exact) mass is 287 g/mol. The first-order valence-electron chi connectivity index (χ1n) is 7.53. The van der Waals surface area contributed by atoms with Crippen molar-refractivity contribution in [2.24, 2.45) is 5.92 Å². The van der Waals surface area contributed by atoms with Gasteiger partial charge in [0.1, 0.15) is 0 Å². The molecule has 0 spiro atoms. The standard InChI is InChI=1S/C17H23N2O2/c1-4-18-16(20)15-9-10-19(13(3)11-15)17(21)14-7-5-12(2)6-8-14/h5-8,13,15H,2,4,9-11H2,1,3H3,(H,18,20). The van der Waals surface area contributed by atoms with Gasteiger partial charge in [-0.3, -0.25) is 9.59 Å². The Hall–Kier alpha value is -1.84. The Kier molecular flexibility index (Phi) is 4.99. The van der Waals surface area contributed by atoms with Gasteiger partial charge in [-0.05, 0) is 51.3 Å². The number of benzene rings is 1. The van der Waals surface area contributed by atoms with Gasteiger partial charge in [-0.25, -0.2) is 0 Å². The van der Waals surface area contributed by atoms with Gasteiger partial charge in [-0.2, -0.15) is 0 Å². The van der Waals surface area contributed by atoms with Crippen LogP contribution in [0, 0.1) is 12.8 Å². The number of piperidine rings is 1. The van der Waals surface area contributed by atoms with E-state index in [0.29, 0.717) is 18.7 Å². The van der Waals surface area contributed by atoms with Gasteiger partial charge in [0.25, 0.3) is 5.91 Å². The largest absolute Gasteiger partial charge is 0.356 e. The Balaban J connectivity index is 2.01. The molecule has 21 heavy (non-hydrogen) atoms. The summed E-state index contributed by atoms with van der Waals surface area (Å²) in [5, 5.41) is 2.87. The zero-order chi connectivity index (χ0) is 15.4. The van der Waals surface area contributed by atoms with E-state index in [9.17, 15) is 9.59 Å². The molecule has 4 heteroatoms. The van der Waals surface area contributed by atoms with Crippen LogP contribution in [0.1, 0.15) is 42.6 Å². The highest BCUT2D eigenvalue weighted by Crippen LogP contribution is 2.24. The smallest absolute Gasteiger partial charge is 0.254 e. The highest BCUT2D eigenvalue weighted by molar-refractivity contribution is 5.94. The van der Waals surface area contributed by atoms with Crippen LogP contribution in [0.3, 0.4) is 0 Å². The zero-order valence-corrected chi connectivity index (χ0v) is 12.8. The minimum Gasteiger partial charge on any atom is -0.356 e. The predicted octanol–water partition coefficient (Wildman–Crippen LogP) is 2.25. The first kappa shape index (κ1) is 15.5. The lowest BCUT2D eigenvalue weighted by Gasteiger charge is -2.37. The topological polar surface area (TPSA) is 49.4 Å². The molecule has 2 amide bonds. The first-order valence-corrected chi connectivity index (χ1v) is 7.53. The van der Waals surface area contributed by atoms with E-state index in [2.05, 4.69) is 12.2 Å². The van der Waals surface area contributed by atoms with E-state index in [4.69, 9.17) is 0 Å². The van der Waals surface area contributed by atoms with E-state index in [0.717, 1.165) is 18.4 Å². The lowest BCUT2D eigenvalue weighted by atomic mass is 9.90. The number of hydrogen-bond donors (Lipinski definition) is 1. The molecule has 0 aliphatic carbocycles. The molecule has 2 rings (SSSR count). The molecule has 2 atom stereocenters. The summed E-state index contributed by atoms with van der Waals surface area (Å²) in [6.45, 7) is 9.05. The van der Waals surface area contributed by atoms with E-state index in [1.807, 2.05) is 43.0 Å². The lowest BCUT2D eigenvalue weighted by molar-refractivity contribution is -0.126. The Morgan fingerprint density at radius 3 is 2.57 bits per heavy atom. The van der Waals surface area contributed by atoms with Gasteiger partial charge in [-0.1, -0.05) is 12.1 Å². The molecule has 1 aliphatic heterocycles. The molecule has 1 aromatic rings. The van der Waals surface area contributed by atoms with Crippen molar-refractivity contribution in [3.05, 3.63) is 42.3 Å². The van der Waals surface area contributed by atoms with Crippen molar-refractivity contribution in [2.45, 2.75) is 32.7 Å². The molecule has 0 bridgehead atoms. The normalized spacial score (nSPS) is 22.0. The van der Waals surface area contributed by atoms with Crippen molar-refractivity contribution in [3.63, 3.8) is 0 Å². The van der Waals surface area contributed by atoms with Gasteiger partial charge < -0.3 is 10.2 Å². The summed E-state index contributed by atoms with van der Waals surface area (Å²) >= 11 is 0. The summed E-state index contributed by atoms with van der Waals surface area (Å²) in [5.41, 5.74) is 1.58. The van der Waals surface area contributed by atoms with Crippen LogP contribution in [-0.4, -0.2) is 35.8 Å². The van der Waals surface area contributed by atoms with Crippen molar-refractivity contribution in [1.29, 1.82) is 0 Å². The predicted molar refractivity (Wildman–Crippen MR) is 82.8 cm³/mol. The van der Waals surface area contributed by atoms with Gasteiger partial charge in [0, 0.05) is 30.6 Å². The molecule has 113 valence electrons. The number of nitrogens with one attached hydrogen (secondary N) is 1. The fourth-order valence-corrected chi connectivity index (χ4v) is 2.84. The van der Waals surface area contributed by atoms with Crippen LogP contribution < -0.4 is 5.32 Å². The van der Waals surface area contributed by atoms with Crippen LogP contribution in [0.4, 0.5) is 0 Å². The minimum absolute atomic E-state index is 0.0196. The van der Waals surface area contributed by atoms with Crippen molar-refractivity contribution < 1.29 is 9.59 Å². The second-order valence-electron chi connectivity index (χ2n) is 5.66. The van der Waals surface area contributed by atoms with Crippen LogP contribution in [-0.2, 0) is 4.79 Å². The summed E-state index contributed by atoms with van der Waals surface area (Å²) in [6, 6.07) is 7.40. The molecule has 4 nitrogen and oxygen atoms in total. The molecule has 1 heterocycles. The van der Waals surface area contributed by atoms with Gasteiger partial charge in [0.2, 0.25) is 5.91 Å². The Bertz CT molecular complexity index is 510. The summed E-state index contributed by atoms with van der Waals surface area (Å²) in [4.78, 5) is 26.3. The van der Waals surface area contributed by atoms with Crippen molar-refractivity contribution in [3.8, 4) is 0 Å². The van der Waals surface area contributed by atoms with Gasteiger partial charge in [-0.15, -0.1) is 0 Å². The van der Waals surface area contributed by atoms with E-state index in [1.54, 1.807) is 0 Å². The van der Waals surface area contributed by atoms with Crippen molar-refractivity contribution in [2.75, 3.05) is 13.1 Å². The zero-order valence-electron chi connectivity index (χ0n) is 12.8. The van der Waals surface area contributed by atoms with Crippen molar-refractivity contribution in [1.82, 2.24) is 10.2 Å². The summed E-state index contributed by atoms with van der Waals surface area (Å²) in [6.07, 6.45) is 1.46. The van der Waals surface area contributed by atoms with Gasteiger partial charge in [0.05, 0.1) is 0 Å². The highest BCUT2D eigenvalue weighted by Gasteiger charge is 2.32. The number of nitrogens with zero attached hydrogens (tertiary/aromatic N) is 1. The van der Waals surface area contributed by atoms with Crippen LogP contribution >= 0.6 is 0 Å². The molecular weight excluding hydrogens is 264 g/mol. The van der Waals surface area contributed by atoms with Crippen LogP contribution in [0.15, 0.2) is 24.3 Å². The maximum absolute atomic E-state index is 12.5. The highest BCUT2D eigenvalue weighted by atomic mass is 16.2. The molecular formula is C17H23N2O2. The molecule has 1 N–H and O–H groups in total. The minimum atomic E-state index is 0.0196. The van der Waals surface area contributed by atoms with Gasteiger partial charge in [0.15, 0.2) is 0 Å². The fourth-order valence-electron chi connectivity index (χ4n) is 2.84. The maximum Gasteiger partial charge on any atom is 0.254 e. The average Bonchev–Trinajstić information content (AvgIpc) is 2.47. The second-order valence-corrected chi connectivity index (χ2v) is 5.66. The molecule has 1 aliphatic rings. The van der Waals surface area contributed by atoms with Crippen molar-refractivity contribution >= 4 is 11.8 Å². The third-order valence-electron chi connectivity index (χ3n) is 4.06. The van der Waals surface area contributed by atoms with E-state index in [-0.39, 0.29) is 23.8 Å². The summed E-state index contributed by atoms with van der Waals surface area (Å²) in [5.74, 6) is 0.168. The number of carbonyl (C=O) groups excluding carboxylic acids is 2. The number of amides is 2. The van der Waals surface area contributed by atoms with E-state index < -0.39 is 0 Å². The second kappa shape index (κ2) is 6.74. The van der Waals surface area contributed by atoms with Crippen LogP contribution in [0.25, 0.3) is 0 Å². The Morgan fingerprint density at radius 1 is 1.33 bits per heavy atom. The van der Waals surface area contributed by atoms with E-state index >= 15 is 0 Å². The molecule has 1 saturated heterocycles. The van der Waals surface area contributed by atoms with Gasteiger partial charge >= 0.3 is 0 Å². The Labute approximate surface area is 126 Å². The number of carbonyl (C=O) groups is 2. The van der Waals surface area contributed by atoms with Crippen LogP contribution in [0.5, 0.6) is 0 Å². The number of likely N-dealkylation sites (tertiary alicyclic amines) is 1. The first-order chi connectivity index (χ1) is 10.0. The summed E-state index contributed by atoms with van der Waals surface area (Å²) in [7, 11) is 0.